The van der Waals surface area contributed by atoms with E-state index < -0.39 is 0 Å². The average molecular weight is 379 g/mol. The number of nitrogens with zero attached hydrogens (tertiary/aromatic N) is 2. The highest BCUT2D eigenvalue weighted by atomic mass is 16.5. The molecule has 1 aromatic heterocycles. The van der Waals surface area contributed by atoms with E-state index >= 15 is 0 Å². The van der Waals surface area contributed by atoms with E-state index in [2.05, 4.69) is 22.4 Å². The molecule has 0 aliphatic heterocycles. The Morgan fingerprint density at radius 1 is 1.11 bits per heavy atom. The van der Waals surface area contributed by atoms with E-state index in [1.165, 1.54) is 0 Å². The van der Waals surface area contributed by atoms with Crippen molar-refractivity contribution in [1.29, 1.82) is 0 Å². The van der Waals surface area contributed by atoms with E-state index in [0.29, 0.717) is 31.2 Å². The first kappa shape index (κ1) is 19.6. The van der Waals surface area contributed by atoms with Crippen molar-refractivity contribution in [3.63, 3.8) is 0 Å². The highest BCUT2D eigenvalue weighted by Gasteiger charge is 2.13. The van der Waals surface area contributed by atoms with E-state index in [-0.39, 0.29) is 11.8 Å². The van der Waals surface area contributed by atoms with Crippen LogP contribution in [0.2, 0.25) is 0 Å². The molecule has 0 aliphatic rings. The van der Waals surface area contributed by atoms with Crippen molar-refractivity contribution in [2.45, 2.75) is 26.2 Å². The van der Waals surface area contributed by atoms with Gasteiger partial charge in [-0.15, -0.1) is 10.2 Å². The van der Waals surface area contributed by atoms with Crippen molar-refractivity contribution in [3.05, 3.63) is 66.1 Å². The molecule has 146 valence electrons. The minimum Gasteiger partial charge on any atom is -0.496 e. The second kappa shape index (κ2) is 9.69. The predicted molar refractivity (Wildman–Crippen MR) is 107 cm³/mol. The van der Waals surface area contributed by atoms with Gasteiger partial charge in [0, 0.05) is 24.9 Å². The second-order valence-electron chi connectivity index (χ2n) is 6.79. The predicted octanol–water partition coefficient (Wildman–Crippen LogP) is 3.67. The van der Waals surface area contributed by atoms with Gasteiger partial charge in [-0.2, -0.15) is 0 Å². The number of carbonyl (C=O) groups is 1. The Morgan fingerprint density at radius 3 is 2.64 bits per heavy atom. The molecular weight excluding hydrogens is 354 g/mol. The number of methoxy groups -OCH3 is 1. The molecule has 1 heterocycles. The number of aromatic nitrogens is 2. The summed E-state index contributed by atoms with van der Waals surface area (Å²) in [5.74, 6) is 2.10. The van der Waals surface area contributed by atoms with Gasteiger partial charge in [0.15, 0.2) is 0 Å². The molecule has 3 aromatic rings. The van der Waals surface area contributed by atoms with Crippen LogP contribution in [0.1, 0.15) is 24.8 Å². The van der Waals surface area contributed by atoms with Crippen molar-refractivity contribution in [2.75, 3.05) is 13.7 Å². The molecule has 1 N–H and O–H groups in total. The van der Waals surface area contributed by atoms with Crippen LogP contribution in [0.3, 0.4) is 0 Å². The Hall–Kier alpha value is -3.15. The molecule has 0 saturated carbocycles. The summed E-state index contributed by atoms with van der Waals surface area (Å²) < 4.78 is 11.0. The van der Waals surface area contributed by atoms with Crippen LogP contribution in [0.5, 0.6) is 5.75 Å². The molecule has 3 rings (SSSR count). The molecule has 6 nitrogen and oxygen atoms in total. The number of benzene rings is 2. The smallest absolute Gasteiger partial charge is 0.247 e. The van der Waals surface area contributed by atoms with Crippen LogP contribution in [0.25, 0.3) is 11.5 Å². The summed E-state index contributed by atoms with van der Waals surface area (Å²) >= 11 is 0. The number of para-hydroxylation sites is 1. The number of amides is 1. The van der Waals surface area contributed by atoms with Crippen molar-refractivity contribution in [3.8, 4) is 17.2 Å². The summed E-state index contributed by atoms with van der Waals surface area (Å²) in [5, 5.41) is 11.0. The van der Waals surface area contributed by atoms with Gasteiger partial charge in [0.1, 0.15) is 5.75 Å². The quantitative estimate of drug-likeness (QED) is 0.614. The Kier molecular flexibility index (Phi) is 6.78. The first-order valence-electron chi connectivity index (χ1n) is 9.42. The van der Waals surface area contributed by atoms with Gasteiger partial charge in [0.2, 0.25) is 17.7 Å². The maximum Gasteiger partial charge on any atom is 0.247 e. The summed E-state index contributed by atoms with van der Waals surface area (Å²) in [6.45, 7) is 2.53. The Labute approximate surface area is 164 Å². The van der Waals surface area contributed by atoms with Crippen molar-refractivity contribution in [1.82, 2.24) is 15.5 Å². The summed E-state index contributed by atoms with van der Waals surface area (Å²) in [4.78, 5) is 12.2. The molecule has 0 spiro atoms. The van der Waals surface area contributed by atoms with Gasteiger partial charge in [-0.1, -0.05) is 43.3 Å². The molecule has 0 bridgehead atoms. The van der Waals surface area contributed by atoms with E-state index in [1.54, 1.807) is 7.11 Å². The number of nitrogens with one attached hydrogen (secondary N) is 1. The lowest BCUT2D eigenvalue weighted by molar-refractivity contribution is -0.121. The fourth-order valence-corrected chi connectivity index (χ4v) is 3.07. The normalized spacial score (nSPS) is 11.8. The van der Waals surface area contributed by atoms with Gasteiger partial charge < -0.3 is 14.5 Å². The van der Waals surface area contributed by atoms with Crippen LogP contribution in [-0.2, 0) is 17.6 Å². The maximum absolute atomic E-state index is 12.2. The zero-order chi connectivity index (χ0) is 19.8. The third kappa shape index (κ3) is 5.42. The van der Waals surface area contributed by atoms with Crippen molar-refractivity contribution < 1.29 is 13.9 Å². The average Bonchev–Trinajstić information content (AvgIpc) is 3.18. The van der Waals surface area contributed by atoms with Crippen LogP contribution < -0.4 is 10.1 Å². The van der Waals surface area contributed by atoms with Crippen LogP contribution in [0, 0.1) is 5.92 Å². The summed E-state index contributed by atoms with van der Waals surface area (Å²) in [6.07, 6.45) is 1.76. The van der Waals surface area contributed by atoms with E-state index in [4.69, 9.17) is 9.15 Å². The highest BCUT2D eigenvalue weighted by Crippen LogP contribution is 2.22. The Balaban J connectivity index is 1.43. The molecule has 0 unspecified atom stereocenters. The first-order valence-corrected chi connectivity index (χ1v) is 9.42. The monoisotopic (exact) mass is 379 g/mol. The molecule has 1 amide bonds. The Bertz CT molecular complexity index is 893. The summed E-state index contributed by atoms with van der Waals surface area (Å²) in [7, 11) is 1.66. The molecule has 1 atom stereocenters. The fraction of sp³-hybridized carbons (Fsp3) is 0.318. The third-order valence-corrected chi connectivity index (χ3v) is 4.44. The maximum atomic E-state index is 12.2. The summed E-state index contributed by atoms with van der Waals surface area (Å²) in [6, 6.07) is 17.5. The van der Waals surface area contributed by atoms with Crippen LogP contribution in [0.15, 0.2) is 59.0 Å². The van der Waals surface area contributed by atoms with Crippen LogP contribution >= 0.6 is 0 Å². The third-order valence-electron chi connectivity index (χ3n) is 4.44. The van der Waals surface area contributed by atoms with Gasteiger partial charge in [-0.3, -0.25) is 4.79 Å². The van der Waals surface area contributed by atoms with Gasteiger partial charge in [0.25, 0.3) is 0 Å². The van der Waals surface area contributed by atoms with Crippen LogP contribution in [-0.4, -0.2) is 29.8 Å². The first-order chi connectivity index (χ1) is 13.7. The number of carbonyl (C=O) groups excluding carboxylic acids is 1. The van der Waals surface area contributed by atoms with E-state index in [0.717, 1.165) is 23.3 Å². The molecular formula is C22H25N3O3. The number of hydrogen-bond acceptors (Lipinski definition) is 5. The molecule has 6 heteroatoms. The molecule has 28 heavy (non-hydrogen) atoms. The van der Waals surface area contributed by atoms with Gasteiger partial charge in [0.05, 0.1) is 7.11 Å². The standard InChI is InChI=1S/C22H25N3O3/c1-16(14-18-10-6-7-11-19(18)27-2)15-20(26)23-13-12-21-24-25-22(28-21)17-8-4-3-5-9-17/h3-11,16H,12-15H2,1-2H3,(H,23,26)/t16-/m1/s1. The van der Waals surface area contributed by atoms with Gasteiger partial charge in [-0.25, -0.2) is 0 Å². The lowest BCUT2D eigenvalue weighted by Gasteiger charge is -2.14. The molecule has 0 radical (unpaired) electrons. The largest absolute Gasteiger partial charge is 0.496 e. The van der Waals surface area contributed by atoms with E-state index in [9.17, 15) is 4.79 Å². The Morgan fingerprint density at radius 2 is 1.86 bits per heavy atom. The molecule has 0 fully saturated rings. The zero-order valence-electron chi connectivity index (χ0n) is 16.2. The van der Waals surface area contributed by atoms with Gasteiger partial charge in [-0.05, 0) is 36.1 Å². The van der Waals surface area contributed by atoms with Crippen molar-refractivity contribution >= 4 is 5.91 Å². The van der Waals surface area contributed by atoms with Crippen molar-refractivity contribution in [2.24, 2.45) is 5.92 Å². The van der Waals surface area contributed by atoms with Gasteiger partial charge >= 0.3 is 0 Å². The lowest BCUT2D eigenvalue weighted by atomic mass is 9.97. The van der Waals surface area contributed by atoms with Crippen LogP contribution in [0.4, 0.5) is 0 Å². The molecule has 0 saturated heterocycles. The zero-order valence-corrected chi connectivity index (χ0v) is 16.2. The SMILES string of the molecule is COc1ccccc1C[C@@H](C)CC(=O)NCCc1nnc(-c2ccccc2)o1. The minimum atomic E-state index is 0.0187. The highest BCUT2D eigenvalue weighted by molar-refractivity contribution is 5.76. The second-order valence-corrected chi connectivity index (χ2v) is 6.79. The topological polar surface area (TPSA) is 77.2 Å². The molecule has 0 aliphatic carbocycles. The number of rotatable bonds is 9. The number of hydrogen-bond donors (Lipinski definition) is 1. The van der Waals surface area contributed by atoms with E-state index in [1.807, 2.05) is 54.6 Å². The minimum absolute atomic E-state index is 0.0187. The molecule has 2 aromatic carbocycles. The number of ether oxygens (including phenoxy) is 1. The fourth-order valence-electron chi connectivity index (χ4n) is 3.07. The summed E-state index contributed by atoms with van der Waals surface area (Å²) in [5.41, 5.74) is 2.00. The lowest BCUT2D eigenvalue weighted by Crippen LogP contribution is -2.27.